The van der Waals surface area contributed by atoms with Crippen LogP contribution in [-0.4, -0.2) is 14.7 Å². The van der Waals surface area contributed by atoms with Gasteiger partial charge in [-0.3, -0.25) is 0 Å². The van der Waals surface area contributed by atoms with Crippen molar-refractivity contribution in [2.75, 3.05) is 0 Å². The first-order valence-corrected chi connectivity index (χ1v) is 6.44. The van der Waals surface area contributed by atoms with Crippen molar-refractivity contribution in [3.8, 4) is 0 Å². The van der Waals surface area contributed by atoms with E-state index in [2.05, 4.69) is 23.4 Å². The molecule has 0 saturated carbocycles. The van der Waals surface area contributed by atoms with Gasteiger partial charge in [0.25, 0.3) is 0 Å². The van der Waals surface area contributed by atoms with E-state index in [1.54, 1.807) is 23.9 Å². The van der Waals surface area contributed by atoms with Gasteiger partial charge in [0, 0.05) is 13.0 Å². The maximum absolute atomic E-state index is 10.1. The van der Waals surface area contributed by atoms with E-state index in [0.29, 0.717) is 6.42 Å². The highest BCUT2D eigenvalue weighted by atomic mass is 32.1. The van der Waals surface area contributed by atoms with Crippen LogP contribution in [0.25, 0.3) is 0 Å². The van der Waals surface area contributed by atoms with E-state index in [4.69, 9.17) is 0 Å². The van der Waals surface area contributed by atoms with Crippen LogP contribution in [0.4, 0.5) is 0 Å². The van der Waals surface area contributed by atoms with Crippen LogP contribution in [0.1, 0.15) is 30.7 Å². The number of nitrogens with zero attached hydrogens (tertiary/aromatic N) is 2. The Kier molecular flexibility index (Phi) is 3.74. The molecule has 0 aliphatic heterocycles. The number of aliphatic hydroxyl groups excluding tert-OH is 1. The van der Waals surface area contributed by atoms with Crippen molar-refractivity contribution in [1.82, 2.24) is 9.55 Å². The minimum Gasteiger partial charge on any atom is -0.386 e. The molecule has 0 amide bonds. The smallest absolute Gasteiger partial charge is 0.0996 e. The highest BCUT2D eigenvalue weighted by molar-refractivity contribution is 7.07. The van der Waals surface area contributed by atoms with Crippen LogP contribution in [-0.2, 0) is 13.0 Å². The maximum Gasteiger partial charge on any atom is 0.0996 e. The molecule has 1 N–H and O–H groups in total. The van der Waals surface area contributed by atoms with E-state index < -0.39 is 6.10 Å². The van der Waals surface area contributed by atoms with Crippen molar-refractivity contribution in [2.24, 2.45) is 0 Å². The number of aliphatic hydroxyl groups is 1. The van der Waals surface area contributed by atoms with Crippen molar-refractivity contribution in [3.05, 3.63) is 40.6 Å². The molecule has 16 heavy (non-hydrogen) atoms. The number of hydrogen-bond acceptors (Lipinski definition) is 3. The third kappa shape index (κ3) is 2.51. The van der Waals surface area contributed by atoms with Crippen LogP contribution in [0.3, 0.4) is 0 Å². The van der Waals surface area contributed by atoms with E-state index in [0.717, 1.165) is 18.7 Å². The molecule has 3 nitrogen and oxygen atoms in total. The fourth-order valence-corrected chi connectivity index (χ4v) is 2.45. The third-order valence-electron chi connectivity index (χ3n) is 2.56. The Morgan fingerprint density at radius 2 is 2.44 bits per heavy atom. The highest BCUT2D eigenvalue weighted by Crippen LogP contribution is 2.19. The normalized spacial score (nSPS) is 12.9. The van der Waals surface area contributed by atoms with E-state index in [1.807, 2.05) is 9.95 Å². The zero-order chi connectivity index (χ0) is 11.4. The summed E-state index contributed by atoms with van der Waals surface area (Å²) >= 11 is 1.66. The average Bonchev–Trinajstić information content (AvgIpc) is 2.89. The quantitative estimate of drug-likeness (QED) is 0.866. The molecule has 1 atom stereocenters. The van der Waals surface area contributed by atoms with Gasteiger partial charge in [-0.1, -0.05) is 6.92 Å². The Labute approximate surface area is 99.4 Å². The summed E-state index contributed by atoms with van der Waals surface area (Å²) in [6, 6.07) is 2.05. The molecular weight excluding hydrogens is 220 g/mol. The zero-order valence-corrected chi connectivity index (χ0v) is 10.2. The minimum atomic E-state index is -0.455. The molecule has 86 valence electrons. The molecule has 2 rings (SSSR count). The lowest BCUT2D eigenvalue weighted by Gasteiger charge is -2.12. The number of aryl methyl sites for hydroxylation is 1. The van der Waals surface area contributed by atoms with Gasteiger partial charge < -0.3 is 9.67 Å². The first-order valence-electron chi connectivity index (χ1n) is 5.50. The van der Waals surface area contributed by atoms with Gasteiger partial charge in [-0.2, -0.15) is 11.3 Å². The highest BCUT2D eigenvalue weighted by Gasteiger charge is 2.13. The summed E-state index contributed by atoms with van der Waals surface area (Å²) in [6.45, 7) is 3.03. The summed E-state index contributed by atoms with van der Waals surface area (Å²) in [5.41, 5.74) is 2.09. The van der Waals surface area contributed by atoms with Crippen LogP contribution in [0.5, 0.6) is 0 Å². The summed E-state index contributed by atoms with van der Waals surface area (Å²) in [6.07, 6.45) is 4.80. The van der Waals surface area contributed by atoms with Crippen molar-refractivity contribution in [1.29, 1.82) is 0 Å². The number of thiophene rings is 1. The van der Waals surface area contributed by atoms with Crippen LogP contribution in [0.2, 0.25) is 0 Å². The minimum absolute atomic E-state index is 0.455. The van der Waals surface area contributed by atoms with Crippen molar-refractivity contribution in [2.45, 2.75) is 32.4 Å². The molecule has 0 fully saturated rings. The fourth-order valence-electron chi connectivity index (χ4n) is 1.77. The van der Waals surface area contributed by atoms with Crippen LogP contribution in [0.15, 0.2) is 29.4 Å². The van der Waals surface area contributed by atoms with Gasteiger partial charge in [-0.05, 0) is 28.8 Å². The predicted molar refractivity (Wildman–Crippen MR) is 65.5 cm³/mol. The summed E-state index contributed by atoms with van der Waals surface area (Å²) in [5.74, 6) is 0. The molecule has 4 heteroatoms. The molecule has 0 spiro atoms. The van der Waals surface area contributed by atoms with E-state index in [-0.39, 0.29) is 0 Å². The topological polar surface area (TPSA) is 38.0 Å². The SMILES string of the molecule is CCCn1cncc1C(O)Cc1ccsc1. The lowest BCUT2D eigenvalue weighted by atomic mass is 10.1. The van der Waals surface area contributed by atoms with Gasteiger partial charge in [0.2, 0.25) is 0 Å². The largest absolute Gasteiger partial charge is 0.386 e. The molecule has 1 unspecified atom stereocenters. The Bertz CT molecular complexity index is 422. The van der Waals surface area contributed by atoms with Gasteiger partial charge >= 0.3 is 0 Å². The fraction of sp³-hybridized carbons (Fsp3) is 0.417. The monoisotopic (exact) mass is 236 g/mol. The molecular formula is C12H16N2OS. The van der Waals surface area contributed by atoms with Crippen LogP contribution >= 0.6 is 11.3 Å². The van der Waals surface area contributed by atoms with Crippen molar-refractivity contribution >= 4 is 11.3 Å². The van der Waals surface area contributed by atoms with Crippen molar-refractivity contribution in [3.63, 3.8) is 0 Å². The van der Waals surface area contributed by atoms with Gasteiger partial charge in [-0.15, -0.1) is 0 Å². The molecule has 0 saturated heterocycles. The summed E-state index contributed by atoms with van der Waals surface area (Å²) in [7, 11) is 0. The first kappa shape index (κ1) is 11.4. The molecule has 0 bridgehead atoms. The number of imidazole rings is 1. The van der Waals surface area contributed by atoms with Gasteiger partial charge in [-0.25, -0.2) is 4.98 Å². The predicted octanol–water partition coefficient (Wildman–Crippen LogP) is 2.63. The van der Waals surface area contributed by atoms with Gasteiger partial charge in [0.1, 0.15) is 0 Å². The second kappa shape index (κ2) is 5.27. The standard InChI is InChI=1S/C12H16N2OS/c1-2-4-14-9-13-7-11(14)12(15)6-10-3-5-16-8-10/h3,5,7-9,12,15H,2,4,6H2,1H3. The number of aromatic nitrogens is 2. The molecule has 2 aromatic rings. The Morgan fingerprint density at radius 1 is 1.56 bits per heavy atom. The first-order chi connectivity index (χ1) is 7.81. The molecule has 2 heterocycles. The molecule has 2 aromatic heterocycles. The lowest BCUT2D eigenvalue weighted by molar-refractivity contribution is 0.168. The second-order valence-corrected chi connectivity index (χ2v) is 4.64. The number of rotatable bonds is 5. The van der Waals surface area contributed by atoms with Gasteiger partial charge in [0.15, 0.2) is 0 Å². The van der Waals surface area contributed by atoms with Gasteiger partial charge in [0.05, 0.1) is 24.3 Å². The third-order valence-corrected chi connectivity index (χ3v) is 3.29. The summed E-state index contributed by atoms with van der Waals surface area (Å²) in [5, 5.41) is 14.2. The second-order valence-electron chi connectivity index (χ2n) is 3.86. The molecule has 0 aliphatic carbocycles. The Morgan fingerprint density at radius 3 is 3.12 bits per heavy atom. The maximum atomic E-state index is 10.1. The Balaban J connectivity index is 2.08. The van der Waals surface area contributed by atoms with E-state index in [1.165, 1.54) is 5.56 Å². The molecule has 0 aromatic carbocycles. The molecule has 0 radical (unpaired) electrons. The lowest BCUT2D eigenvalue weighted by Crippen LogP contribution is -2.08. The number of hydrogen-bond donors (Lipinski definition) is 1. The van der Waals surface area contributed by atoms with E-state index >= 15 is 0 Å². The Hall–Kier alpha value is -1.13. The molecule has 0 aliphatic rings. The summed E-state index contributed by atoms with van der Waals surface area (Å²) < 4.78 is 2.02. The van der Waals surface area contributed by atoms with E-state index in [9.17, 15) is 5.11 Å². The summed E-state index contributed by atoms with van der Waals surface area (Å²) in [4.78, 5) is 4.10. The van der Waals surface area contributed by atoms with Crippen molar-refractivity contribution < 1.29 is 5.11 Å². The zero-order valence-electron chi connectivity index (χ0n) is 9.34. The average molecular weight is 236 g/mol. The van der Waals surface area contributed by atoms with Crippen LogP contribution < -0.4 is 0 Å². The van der Waals surface area contributed by atoms with Crippen LogP contribution in [0, 0.1) is 0 Å².